The Morgan fingerprint density at radius 1 is 1.24 bits per heavy atom. The van der Waals surface area contributed by atoms with E-state index < -0.39 is 11.2 Å². The zero-order valence-corrected chi connectivity index (χ0v) is 12.4. The zero-order chi connectivity index (χ0) is 13.1. The van der Waals surface area contributed by atoms with Crippen LogP contribution in [0.3, 0.4) is 0 Å². The molecule has 1 fully saturated rings. The minimum absolute atomic E-state index is 0.182. The van der Waals surface area contributed by atoms with E-state index in [1.165, 1.54) is 44.9 Å². The first-order valence-corrected chi connectivity index (χ1v) is 8.37. The van der Waals surface area contributed by atoms with Gasteiger partial charge in [-0.3, -0.25) is 0 Å². The van der Waals surface area contributed by atoms with Gasteiger partial charge in [0.05, 0.1) is 5.38 Å². The summed E-state index contributed by atoms with van der Waals surface area (Å²) >= 11 is 5.57. The molecule has 102 valence electrons. The molecule has 3 atom stereocenters. The van der Waals surface area contributed by atoms with Crippen LogP contribution >= 0.6 is 11.6 Å². The first-order valence-electron chi connectivity index (χ1n) is 6.55. The third-order valence-corrected chi connectivity index (χ3v) is 5.14. The third-order valence-electron chi connectivity index (χ3n) is 3.04. The van der Waals surface area contributed by atoms with Crippen molar-refractivity contribution >= 4 is 29.6 Å². The van der Waals surface area contributed by atoms with Crippen molar-refractivity contribution in [3.05, 3.63) is 0 Å². The number of alkyl halides is 1. The molecule has 2 nitrogen and oxygen atoms in total. The molecule has 1 aliphatic heterocycles. The Labute approximate surface area is 114 Å². The number of hydrogen-bond acceptors (Lipinski definition) is 2. The molecule has 4 heteroatoms. The lowest BCUT2D eigenvalue weighted by molar-refractivity contribution is -0.0979. The summed E-state index contributed by atoms with van der Waals surface area (Å²) < 4.78 is 11.0. The van der Waals surface area contributed by atoms with E-state index in [1.54, 1.807) is 0 Å². The van der Waals surface area contributed by atoms with Crippen LogP contribution in [-0.2, 0) is 16.0 Å². The van der Waals surface area contributed by atoms with Crippen molar-refractivity contribution in [2.75, 3.05) is 5.75 Å². The molecule has 0 amide bonds. The zero-order valence-electron chi connectivity index (χ0n) is 10.8. The Hall–Kier alpha value is 0.270. The van der Waals surface area contributed by atoms with Crippen LogP contribution in [-0.4, -0.2) is 27.7 Å². The lowest BCUT2D eigenvalue weighted by atomic mass is 10.1. The van der Waals surface area contributed by atoms with Gasteiger partial charge in [-0.1, -0.05) is 51.9 Å². The maximum atomic E-state index is 11.0. The minimum Gasteiger partial charge on any atom is -0.616 e. The van der Waals surface area contributed by atoms with Gasteiger partial charge in [-0.2, -0.15) is 0 Å². The largest absolute Gasteiger partial charge is 0.616 e. The first-order chi connectivity index (χ1) is 8.25. The van der Waals surface area contributed by atoms with Crippen LogP contribution in [0.5, 0.6) is 0 Å². The average molecular weight is 281 g/mol. The predicted molar refractivity (Wildman–Crippen MR) is 76.2 cm³/mol. The highest BCUT2D eigenvalue weighted by molar-refractivity contribution is 7.99. The van der Waals surface area contributed by atoms with Gasteiger partial charge in [-0.25, -0.2) is 0 Å². The number of rotatable bonds is 9. The van der Waals surface area contributed by atoms with Crippen molar-refractivity contribution in [1.29, 1.82) is 0 Å². The molecule has 1 heterocycles. The Bertz CT molecular complexity index is 181. The highest BCUT2D eigenvalue weighted by Gasteiger charge is 2.46. The highest BCUT2D eigenvalue weighted by Crippen LogP contribution is 2.31. The topological polar surface area (TPSA) is 40.1 Å². The summed E-state index contributed by atoms with van der Waals surface area (Å²) in [5.41, 5.74) is 0. The molecule has 0 aromatic rings. The van der Waals surface area contributed by atoms with E-state index in [4.69, 9.17) is 16.4 Å². The normalized spacial score (nSPS) is 23.7. The molecule has 0 radical (unpaired) electrons. The summed E-state index contributed by atoms with van der Waals surface area (Å²) in [7, 11) is 0. The molecular weight excluding hydrogens is 256 g/mol. The molecule has 0 saturated carbocycles. The Morgan fingerprint density at radius 2 is 1.71 bits per heavy atom. The summed E-state index contributed by atoms with van der Waals surface area (Å²) in [5.74, 6) is 0.852. The van der Waals surface area contributed by atoms with Gasteiger partial charge >= 0.3 is 0 Å². The van der Waals surface area contributed by atoms with Crippen LogP contribution < -0.4 is 0 Å². The van der Waals surface area contributed by atoms with E-state index >= 15 is 0 Å². The van der Waals surface area contributed by atoms with E-state index in [-0.39, 0.29) is 5.38 Å². The Balaban J connectivity index is 0.00000121. The third kappa shape index (κ3) is 8.92. The van der Waals surface area contributed by atoms with Crippen LogP contribution in [0.1, 0.15) is 58.3 Å². The van der Waals surface area contributed by atoms with E-state index in [0.717, 1.165) is 12.2 Å². The van der Waals surface area contributed by atoms with Crippen molar-refractivity contribution in [3.8, 4) is 0 Å². The second kappa shape index (κ2) is 11.4. The van der Waals surface area contributed by atoms with Gasteiger partial charge in [0.2, 0.25) is 0 Å². The van der Waals surface area contributed by atoms with Crippen molar-refractivity contribution in [1.82, 2.24) is 0 Å². The summed E-state index contributed by atoms with van der Waals surface area (Å²) in [5, 5.41) is 0.508. The van der Waals surface area contributed by atoms with Crippen molar-refractivity contribution in [2.24, 2.45) is 0 Å². The van der Waals surface area contributed by atoms with E-state index in [9.17, 15) is 4.55 Å². The lowest BCUT2D eigenvalue weighted by Crippen LogP contribution is -2.08. The van der Waals surface area contributed by atoms with Crippen LogP contribution in [0.4, 0.5) is 0 Å². The number of unbranched alkanes of at least 4 members (excludes halogenated alkanes) is 6. The highest BCUT2D eigenvalue weighted by atomic mass is 35.5. The Kier molecular flexibility index (Phi) is 11.5. The smallest absolute Gasteiger partial charge is 0.176 e. The number of hydrogen-bond donors (Lipinski definition) is 0. The van der Waals surface area contributed by atoms with Crippen LogP contribution in [0, 0.1) is 0 Å². The maximum absolute atomic E-state index is 11.0. The van der Waals surface area contributed by atoms with Gasteiger partial charge in [-0.05, 0) is 17.6 Å². The molecule has 17 heavy (non-hydrogen) atoms. The van der Waals surface area contributed by atoms with Gasteiger partial charge in [0.25, 0.3) is 0 Å². The maximum Gasteiger partial charge on any atom is 0.176 e. The molecule has 1 rings (SSSR count). The molecular formula is C13H25ClO2S. The number of carbonyl (C=O) groups is 1. The Morgan fingerprint density at radius 3 is 2.18 bits per heavy atom. The van der Waals surface area contributed by atoms with Crippen molar-refractivity contribution < 1.29 is 9.35 Å². The molecule has 0 aromatic heterocycles. The van der Waals surface area contributed by atoms with Crippen LogP contribution in [0.2, 0.25) is 0 Å². The number of carbonyl (C=O) groups excluding carboxylic acids is 1. The summed E-state index contributed by atoms with van der Waals surface area (Å²) in [4.78, 5) is 8.00. The molecule has 0 aliphatic carbocycles. The monoisotopic (exact) mass is 280 g/mol. The molecule has 1 saturated heterocycles. The summed E-state index contributed by atoms with van der Waals surface area (Å²) in [6.07, 6.45) is 10.4. The molecule has 0 bridgehead atoms. The van der Waals surface area contributed by atoms with Crippen LogP contribution in [0.15, 0.2) is 0 Å². The molecule has 0 spiro atoms. The van der Waals surface area contributed by atoms with Crippen molar-refractivity contribution in [3.63, 3.8) is 0 Å². The van der Waals surface area contributed by atoms with Gasteiger partial charge in [0, 0.05) is 0 Å². The quantitative estimate of drug-likeness (QED) is 0.280. The second-order valence-electron chi connectivity index (χ2n) is 4.51. The van der Waals surface area contributed by atoms with E-state index in [0.29, 0.717) is 5.25 Å². The van der Waals surface area contributed by atoms with Gasteiger partial charge in [-0.15, -0.1) is 11.6 Å². The minimum atomic E-state index is -0.572. The lowest BCUT2D eigenvalue weighted by Gasteiger charge is -2.04. The molecule has 1 aliphatic rings. The average Bonchev–Trinajstić information content (AvgIpc) is 3.08. The van der Waals surface area contributed by atoms with Gasteiger partial charge in [0.15, 0.2) is 11.0 Å². The SMILES string of the molecule is C=O.CCCCCCCCCC(Cl)C1C[S+]1[O-]. The first kappa shape index (κ1) is 17.3. The molecule has 0 N–H and O–H groups in total. The van der Waals surface area contributed by atoms with Gasteiger partial charge in [0.1, 0.15) is 6.79 Å². The molecule has 3 unspecified atom stereocenters. The van der Waals surface area contributed by atoms with E-state index in [2.05, 4.69) is 6.92 Å². The summed E-state index contributed by atoms with van der Waals surface area (Å²) in [6.45, 7) is 4.24. The fraction of sp³-hybridized carbons (Fsp3) is 0.923. The van der Waals surface area contributed by atoms with E-state index in [1.807, 2.05) is 6.79 Å². The second-order valence-corrected chi connectivity index (χ2v) is 6.77. The van der Waals surface area contributed by atoms with Crippen LogP contribution in [0.25, 0.3) is 0 Å². The van der Waals surface area contributed by atoms with Gasteiger partial charge < -0.3 is 9.35 Å². The predicted octanol–water partition coefficient (Wildman–Crippen LogP) is 3.68. The summed E-state index contributed by atoms with van der Waals surface area (Å²) in [6, 6.07) is 0. The molecule has 0 aromatic carbocycles. The fourth-order valence-electron chi connectivity index (χ4n) is 1.87. The number of halogens is 1. The fourth-order valence-corrected chi connectivity index (χ4v) is 3.68. The standard InChI is InChI=1S/C12H23ClOS.CH2O/c1-2-3-4-5-6-7-8-9-11(13)12-10-15(12)14;1-2/h11-12H,2-10H2,1H3;1H2. The van der Waals surface area contributed by atoms with Crippen molar-refractivity contribution in [2.45, 2.75) is 68.9 Å².